The molecule has 0 saturated heterocycles. The zero-order chi connectivity index (χ0) is 18.2. The topological polar surface area (TPSA) is 64.6 Å². The minimum Gasteiger partial charge on any atom is -0.483 e. The first-order valence-electron chi connectivity index (χ1n) is 8.04. The van der Waals surface area contributed by atoms with Crippen molar-refractivity contribution in [3.8, 4) is 17.2 Å². The number of carbonyl (C=O) groups excluding carboxylic acids is 2. The molecule has 0 heterocycles. The van der Waals surface area contributed by atoms with E-state index in [1.165, 1.54) is 0 Å². The predicted octanol–water partition coefficient (Wildman–Crippen LogP) is 4.31. The van der Waals surface area contributed by atoms with Crippen LogP contribution in [0.2, 0.25) is 0 Å². The molecule has 0 fully saturated rings. The van der Waals surface area contributed by atoms with Crippen molar-refractivity contribution in [2.24, 2.45) is 0 Å². The Morgan fingerprint density at radius 1 is 0.846 bits per heavy atom. The van der Waals surface area contributed by atoms with Gasteiger partial charge < -0.3 is 14.8 Å². The molecule has 1 N–H and O–H groups in total. The maximum absolute atomic E-state index is 12.0. The van der Waals surface area contributed by atoms with Gasteiger partial charge in [0.15, 0.2) is 12.9 Å². The largest absolute Gasteiger partial charge is 0.483 e. The van der Waals surface area contributed by atoms with E-state index in [1.54, 1.807) is 48.5 Å². The summed E-state index contributed by atoms with van der Waals surface area (Å²) in [5.41, 5.74) is 1.03. The lowest BCUT2D eigenvalue weighted by Crippen LogP contribution is -2.20. The molecule has 0 bridgehead atoms. The molecule has 26 heavy (non-hydrogen) atoms. The van der Waals surface area contributed by atoms with Crippen molar-refractivity contribution in [1.29, 1.82) is 0 Å². The second kappa shape index (κ2) is 8.48. The molecule has 3 rings (SSSR count). The summed E-state index contributed by atoms with van der Waals surface area (Å²) in [7, 11) is 0. The van der Waals surface area contributed by atoms with Gasteiger partial charge in [-0.2, -0.15) is 0 Å². The fourth-order valence-electron chi connectivity index (χ4n) is 2.28. The van der Waals surface area contributed by atoms with Crippen LogP contribution in [0.1, 0.15) is 10.4 Å². The zero-order valence-electron chi connectivity index (χ0n) is 13.9. The molecular formula is C21H17NO4. The van der Waals surface area contributed by atoms with Gasteiger partial charge in [0.25, 0.3) is 5.91 Å². The summed E-state index contributed by atoms with van der Waals surface area (Å²) in [6, 6.07) is 23.2. The summed E-state index contributed by atoms with van der Waals surface area (Å²) in [5, 5.41) is 2.73. The molecule has 5 heteroatoms. The molecule has 0 saturated carbocycles. The minimum atomic E-state index is -0.317. The van der Waals surface area contributed by atoms with Crippen LogP contribution in [0, 0.1) is 0 Å². The predicted molar refractivity (Wildman–Crippen MR) is 98.9 cm³/mol. The van der Waals surface area contributed by atoms with Crippen LogP contribution in [0.5, 0.6) is 17.2 Å². The molecular weight excluding hydrogens is 330 g/mol. The summed E-state index contributed by atoms with van der Waals surface area (Å²) in [6.07, 6.45) is 0.693. The van der Waals surface area contributed by atoms with Gasteiger partial charge in [-0.05, 0) is 48.5 Å². The smallest absolute Gasteiger partial charge is 0.262 e. The molecule has 0 aliphatic rings. The first kappa shape index (κ1) is 17.2. The van der Waals surface area contributed by atoms with E-state index < -0.39 is 0 Å². The molecule has 0 spiro atoms. The summed E-state index contributed by atoms with van der Waals surface area (Å²) in [5.74, 6) is 1.48. The van der Waals surface area contributed by atoms with E-state index >= 15 is 0 Å². The van der Waals surface area contributed by atoms with Gasteiger partial charge in [0, 0.05) is 5.69 Å². The van der Waals surface area contributed by atoms with Gasteiger partial charge in [-0.25, -0.2) is 0 Å². The molecule has 0 aromatic heterocycles. The Kier molecular flexibility index (Phi) is 5.62. The van der Waals surface area contributed by atoms with Crippen molar-refractivity contribution in [2.75, 3.05) is 11.9 Å². The van der Waals surface area contributed by atoms with Gasteiger partial charge in [0.1, 0.15) is 17.2 Å². The number of hydrogen-bond acceptors (Lipinski definition) is 4. The van der Waals surface area contributed by atoms with E-state index in [9.17, 15) is 9.59 Å². The van der Waals surface area contributed by atoms with E-state index in [0.29, 0.717) is 29.0 Å². The molecule has 130 valence electrons. The standard InChI is InChI=1S/C21H17NO4/c23-14-16-6-4-5-9-20(16)25-15-21(24)22-17-10-12-19(13-11-17)26-18-7-2-1-3-8-18/h1-14H,15H2,(H,22,24). The molecule has 0 unspecified atom stereocenters. The zero-order valence-corrected chi connectivity index (χ0v) is 13.9. The van der Waals surface area contributed by atoms with Gasteiger partial charge in [0.05, 0.1) is 5.56 Å². The van der Waals surface area contributed by atoms with Crippen molar-refractivity contribution >= 4 is 17.9 Å². The lowest BCUT2D eigenvalue weighted by atomic mass is 10.2. The van der Waals surface area contributed by atoms with E-state index in [2.05, 4.69) is 5.32 Å². The summed E-state index contributed by atoms with van der Waals surface area (Å²) >= 11 is 0. The molecule has 3 aromatic rings. The number of nitrogens with one attached hydrogen (secondary N) is 1. The molecule has 0 aliphatic heterocycles. The van der Waals surface area contributed by atoms with Crippen LogP contribution >= 0.6 is 0 Å². The Bertz CT molecular complexity index is 876. The van der Waals surface area contributed by atoms with E-state index in [0.717, 1.165) is 5.75 Å². The van der Waals surface area contributed by atoms with Gasteiger partial charge in [-0.1, -0.05) is 30.3 Å². The number of anilines is 1. The molecule has 5 nitrogen and oxygen atoms in total. The minimum absolute atomic E-state index is 0.187. The molecule has 0 radical (unpaired) electrons. The lowest BCUT2D eigenvalue weighted by Gasteiger charge is -2.10. The maximum Gasteiger partial charge on any atom is 0.262 e. The maximum atomic E-state index is 12.0. The van der Waals surface area contributed by atoms with Crippen molar-refractivity contribution in [1.82, 2.24) is 0 Å². The van der Waals surface area contributed by atoms with Crippen molar-refractivity contribution in [3.05, 3.63) is 84.4 Å². The highest BCUT2D eigenvalue weighted by atomic mass is 16.5. The number of benzene rings is 3. The third kappa shape index (κ3) is 4.70. The number of ether oxygens (including phenoxy) is 2. The van der Waals surface area contributed by atoms with Crippen LogP contribution in [0.4, 0.5) is 5.69 Å². The number of rotatable bonds is 7. The van der Waals surface area contributed by atoms with Gasteiger partial charge in [-0.15, -0.1) is 0 Å². The molecule has 0 atom stereocenters. The Hall–Kier alpha value is -3.60. The average molecular weight is 347 g/mol. The quantitative estimate of drug-likeness (QED) is 0.647. The van der Waals surface area contributed by atoms with E-state index in [1.807, 2.05) is 30.3 Å². The molecule has 3 aromatic carbocycles. The third-order valence-corrected chi connectivity index (χ3v) is 3.52. The number of para-hydroxylation sites is 2. The Morgan fingerprint density at radius 3 is 2.23 bits per heavy atom. The highest BCUT2D eigenvalue weighted by Crippen LogP contribution is 2.22. The van der Waals surface area contributed by atoms with Gasteiger partial charge in [-0.3, -0.25) is 9.59 Å². The Balaban J connectivity index is 1.53. The third-order valence-electron chi connectivity index (χ3n) is 3.52. The Morgan fingerprint density at radius 2 is 1.50 bits per heavy atom. The van der Waals surface area contributed by atoms with Crippen molar-refractivity contribution in [3.63, 3.8) is 0 Å². The van der Waals surface area contributed by atoms with Crippen LogP contribution in [-0.2, 0) is 4.79 Å². The summed E-state index contributed by atoms with van der Waals surface area (Å²) in [4.78, 5) is 22.9. The molecule has 0 aliphatic carbocycles. The number of hydrogen-bond donors (Lipinski definition) is 1. The monoisotopic (exact) mass is 347 g/mol. The number of aldehydes is 1. The molecule has 1 amide bonds. The van der Waals surface area contributed by atoms with E-state index in [-0.39, 0.29) is 12.5 Å². The fourth-order valence-corrected chi connectivity index (χ4v) is 2.28. The van der Waals surface area contributed by atoms with Crippen LogP contribution in [0.3, 0.4) is 0 Å². The SMILES string of the molecule is O=Cc1ccccc1OCC(=O)Nc1ccc(Oc2ccccc2)cc1. The average Bonchev–Trinajstić information content (AvgIpc) is 2.69. The second-order valence-electron chi connectivity index (χ2n) is 5.43. The van der Waals surface area contributed by atoms with Crippen LogP contribution in [0.25, 0.3) is 0 Å². The highest BCUT2D eigenvalue weighted by Gasteiger charge is 2.07. The number of amides is 1. The van der Waals surface area contributed by atoms with Crippen molar-refractivity contribution in [2.45, 2.75) is 0 Å². The van der Waals surface area contributed by atoms with Gasteiger partial charge >= 0.3 is 0 Å². The highest BCUT2D eigenvalue weighted by molar-refractivity contribution is 5.92. The summed E-state index contributed by atoms with van der Waals surface area (Å²) in [6.45, 7) is -0.187. The van der Waals surface area contributed by atoms with Crippen LogP contribution < -0.4 is 14.8 Å². The van der Waals surface area contributed by atoms with Crippen LogP contribution in [-0.4, -0.2) is 18.8 Å². The first-order chi connectivity index (χ1) is 12.7. The van der Waals surface area contributed by atoms with E-state index in [4.69, 9.17) is 9.47 Å². The first-order valence-corrected chi connectivity index (χ1v) is 8.04. The van der Waals surface area contributed by atoms with Gasteiger partial charge in [0.2, 0.25) is 0 Å². The van der Waals surface area contributed by atoms with Crippen molar-refractivity contribution < 1.29 is 19.1 Å². The summed E-state index contributed by atoms with van der Waals surface area (Å²) < 4.78 is 11.1. The lowest BCUT2D eigenvalue weighted by molar-refractivity contribution is -0.118. The second-order valence-corrected chi connectivity index (χ2v) is 5.43. The fraction of sp³-hybridized carbons (Fsp3) is 0.0476. The normalized spacial score (nSPS) is 10.0. The van der Waals surface area contributed by atoms with Crippen LogP contribution in [0.15, 0.2) is 78.9 Å². The Labute approximate surface area is 151 Å². The number of carbonyl (C=O) groups is 2.